The summed E-state index contributed by atoms with van der Waals surface area (Å²) in [4.78, 5) is 5.97. The van der Waals surface area contributed by atoms with E-state index >= 15 is 0 Å². The molecule has 0 spiro atoms. The first-order valence-electron chi connectivity index (χ1n) is 4.86. The Balaban J connectivity index is 2.00. The van der Waals surface area contributed by atoms with Crippen molar-refractivity contribution in [2.24, 2.45) is 5.16 Å². The average molecular weight is 251 g/mol. The summed E-state index contributed by atoms with van der Waals surface area (Å²) in [6.45, 7) is 0. The maximum absolute atomic E-state index is 9.17. The first kappa shape index (κ1) is 10.1. The van der Waals surface area contributed by atoms with E-state index in [1.165, 1.54) is 21.8 Å². The number of thiophene rings is 1. The molecule has 1 atom stereocenters. The minimum absolute atomic E-state index is 0.535. The third-order valence-corrected chi connectivity index (χ3v) is 4.53. The molecule has 0 bridgehead atoms. The molecule has 16 heavy (non-hydrogen) atoms. The summed E-state index contributed by atoms with van der Waals surface area (Å²) < 4.78 is 1.24. The third-order valence-electron chi connectivity index (χ3n) is 2.26. The van der Waals surface area contributed by atoms with Crippen molar-refractivity contribution < 1.29 is 9.94 Å². The number of hydrogen-bond acceptors (Lipinski definition) is 5. The number of oxime groups is 1. The highest BCUT2D eigenvalue weighted by atomic mass is 32.2. The van der Waals surface area contributed by atoms with Crippen molar-refractivity contribution in [1.82, 2.24) is 0 Å². The Morgan fingerprint density at radius 3 is 3.00 bits per heavy atom. The number of nitrogens with zero attached hydrogens (tertiary/aromatic N) is 1. The molecule has 0 saturated carbocycles. The van der Waals surface area contributed by atoms with Gasteiger partial charge in [0.25, 0.3) is 0 Å². The van der Waals surface area contributed by atoms with Crippen LogP contribution in [0.3, 0.4) is 0 Å². The van der Waals surface area contributed by atoms with Crippen LogP contribution in [-0.2, 0) is 4.84 Å². The Hall–Kier alpha value is -1.04. The lowest BCUT2D eigenvalue weighted by molar-refractivity contribution is -0.0813. The van der Waals surface area contributed by atoms with E-state index in [0.717, 1.165) is 9.92 Å². The van der Waals surface area contributed by atoms with Gasteiger partial charge in [0.2, 0.25) is 6.29 Å². The molecule has 2 aromatic rings. The highest BCUT2D eigenvalue weighted by molar-refractivity contribution is 8.14. The topological polar surface area (TPSA) is 41.8 Å². The third kappa shape index (κ3) is 1.81. The predicted octanol–water partition coefficient (Wildman–Crippen LogP) is 2.64. The lowest BCUT2D eigenvalue weighted by Gasteiger charge is -2.14. The maximum Gasteiger partial charge on any atom is 0.233 e. The van der Waals surface area contributed by atoms with Crippen LogP contribution in [0, 0.1) is 0 Å². The second kappa shape index (κ2) is 4.08. The SMILES string of the molecule is OC1CSC(c2cc3ccccc3s2)=NO1. The highest BCUT2D eigenvalue weighted by Gasteiger charge is 2.18. The van der Waals surface area contributed by atoms with E-state index < -0.39 is 6.29 Å². The molecule has 1 N–H and O–H groups in total. The van der Waals surface area contributed by atoms with Crippen LogP contribution in [-0.4, -0.2) is 22.2 Å². The normalized spacial score (nSPS) is 20.6. The average Bonchev–Trinajstić information content (AvgIpc) is 2.73. The Bertz CT molecular complexity index is 517. The Labute approximate surface area is 101 Å². The molecule has 2 heterocycles. The molecule has 0 fully saturated rings. The summed E-state index contributed by atoms with van der Waals surface area (Å²) in [5, 5.41) is 15.2. The van der Waals surface area contributed by atoms with Crippen LogP contribution in [0.15, 0.2) is 35.5 Å². The largest absolute Gasteiger partial charge is 0.362 e. The van der Waals surface area contributed by atoms with Gasteiger partial charge in [-0.2, -0.15) is 0 Å². The van der Waals surface area contributed by atoms with Gasteiger partial charge >= 0.3 is 0 Å². The molecule has 0 amide bonds. The Morgan fingerprint density at radius 1 is 1.38 bits per heavy atom. The number of aliphatic hydroxyl groups excluding tert-OH is 1. The van der Waals surface area contributed by atoms with Gasteiger partial charge in [-0.1, -0.05) is 35.1 Å². The summed E-state index contributed by atoms with van der Waals surface area (Å²) in [6, 6.07) is 10.3. The van der Waals surface area contributed by atoms with Crippen LogP contribution >= 0.6 is 23.1 Å². The molecule has 3 rings (SSSR count). The molecule has 0 radical (unpaired) electrons. The zero-order valence-corrected chi connectivity index (χ0v) is 9.92. The van der Waals surface area contributed by atoms with Crippen molar-refractivity contribution in [1.29, 1.82) is 0 Å². The van der Waals surface area contributed by atoms with Crippen LogP contribution < -0.4 is 0 Å². The van der Waals surface area contributed by atoms with Gasteiger partial charge in [-0.25, -0.2) is 0 Å². The van der Waals surface area contributed by atoms with Gasteiger partial charge < -0.3 is 9.94 Å². The zero-order chi connectivity index (χ0) is 11.0. The number of benzene rings is 1. The minimum atomic E-state index is -0.775. The van der Waals surface area contributed by atoms with Crippen LogP contribution in [0.4, 0.5) is 0 Å². The van der Waals surface area contributed by atoms with E-state index in [4.69, 9.17) is 9.94 Å². The van der Waals surface area contributed by atoms with Gasteiger partial charge in [0.1, 0.15) is 0 Å². The molecule has 1 aliphatic rings. The molecule has 0 saturated heterocycles. The lowest BCUT2D eigenvalue weighted by Crippen LogP contribution is -2.18. The molecule has 3 nitrogen and oxygen atoms in total. The Kier molecular flexibility index (Phi) is 2.59. The van der Waals surface area contributed by atoms with E-state index in [2.05, 4.69) is 23.4 Å². The van der Waals surface area contributed by atoms with Gasteiger partial charge in [-0.3, -0.25) is 0 Å². The van der Waals surface area contributed by atoms with Crippen molar-refractivity contribution in [3.05, 3.63) is 35.2 Å². The number of fused-ring (bicyclic) bond motifs is 1. The van der Waals surface area contributed by atoms with Crippen LogP contribution in [0.5, 0.6) is 0 Å². The first-order valence-corrected chi connectivity index (χ1v) is 6.67. The molecule has 1 unspecified atom stereocenters. The molecular formula is C11H9NO2S2. The minimum Gasteiger partial charge on any atom is -0.362 e. The summed E-state index contributed by atoms with van der Waals surface area (Å²) in [5.74, 6) is 0.535. The number of aliphatic hydroxyl groups is 1. The van der Waals surface area contributed by atoms with Gasteiger partial charge in [-0.15, -0.1) is 11.3 Å². The number of rotatable bonds is 1. The maximum atomic E-state index is 9.17. The fourth-order valence-corrected chi connectivity index (χ4v) is 3.42. The second-order valence-corrected chi connectivity index (χ2v) is 5.51. The molecule has 1 aliphatic heterocycles. The monoisotopic (exact) mass is 251 g/mol. The van der Waals surface area contributed by atoms with E-state index in [9.17, 15) is 0 Å². The van der Waals surface area contributed by atoms with Crippen molar-refractivity contribution in [3.63, 3.8) is 0 Å². The van der Waals surface area contributed by atoms with Gasteiger partial charge in [-0.05, 0) is 17.5 Å². The Morgan fingerprint density at radius 2 is 2.25 bits per heavy atom. The van der Waals surface area contributed by atoms with E-state index in [-0.39, 0.29) is 0 Å². The van der Waals surface area contributed by atoms with Crippen molar-refractivity contribution in [2.45, 2.75) is 6.29 Å². The fraction of sp³-hybridized carbons (Fsp3) is 0.182. The van der Waals surface area contributed by atoms with Crippen LogP contribution in [0.2, 0.25) is 0 Å². The lowest BCUT2D eigenvalue weighted by atomic mass is 10.2. The molecule has 5 heteroatoms. The molecule has 1 aromatic heterocycles. The number of thioether (sulfide) groups is 1. The predicted molar refractivity (Wildman–Crippen MR) is 67.9 cm³/mol. The summed E-state index contributed by atoms with van der Waals surface area (Å²) in [5.41, 5.74) is 0. The summed E-state index contributed by atoms with van der Waals surface area (Å²) >= 11 is 3.22. The van der Waals surface area contributed by atoms with E-state index in [1.807, 2.05) is 12.1 Å². The standard InChI is InChI=1S/C11H9NO2S2/c13-10-6-15-11(12-14-10)9-5-7-3-1-2-4-8(7)16-9/h1-5,10,13H,6H2. The molecule has 1 aromatic carbocycles. The second-order valence-electron chi connectivity index (χ2n) is 3.42. The van der Waals surface area contributed by atoms with Gasteiger partial charge in [0, 0.05) is 4.70 Å². The van der Waals surface area contributed by atoms with Gasteiger partial charge in [0.05, 0.1) is 10.6 Å². The van der Waals surface area contributed by atoms with Crippen LogP contribution in [0.1, 0.15) is 4.88 Å². The van der Waals surface area contributed by atoms with Crippen molar-refractivity contribution >= 4 is 38.2 Å². The quantitative estimate of drug-likeness (QED) is 0.847. The van der Waals surface area contributed by atoms with E-state index in [1.54, 1.807) is 11.3 Å². The highest BCUT2D eigenvalue weighted by Crippen LogP contribution is 2.30. The molecule has 82 valence electrons. The summed E-state index contributed by atoms with van der Waals surface area (Å²) in [6.07, 6.45) is -0.775. The van der Waals surface area contributed by atoms with E-state index in [0.29, 0.717) is 5.75 Å². The fourth-order valence-electron chi connectivity index (χ4n) is 1.52. The molecular weight excluding hydrogens is 242 g/mol. The molecule has 0 aliphatic carbocycles. The number of hydrogen-bond donors (Lipinski definition) is 1. The van der Waals surface area contributed by atoms with Crippen LogP contribution in [0.25, 0.3) is 10.1 Å². The summed E-state index contributed by atoms with van der Waals surface area (Å²) in [7, 11) is 0. The first-order chi connectivity index (χ1) is 7.83. The van der Waals surface area contributed by atoms with Crippen molar-refractivity contribution in [2.75, 3.05) is 5.75 Å². The smallest absolute Gasteiger partial charge is 0.233 e. The van der Waals surface area contributed by atoms with Crippen molar-refractivity contribution in [3.8, 4) is 0 Å². The van der Waals surface area contributed by atoms with Gasteiger partial charge in [0.15, 0.2) is 5.04 Å². The zero-order valence-electron chi connectivity index (χ0n) is 8.29.